The number of pyridine rings is 1. The van der Waals surface area contributed by atoms with Crippen molar-refractivity contribution in [1.82, 2.24) is 29.6 Å². The second kappa shape index (κ2) is 10.7. The number of primary amides is 1. The van der Waals surface area contributed by atoms with Gasteiger partial charge in [0.05, 0.1) is 23.2 Å². The lowest BCUT2D eigenvalue weighted by Gasteiger charge is -2.31. The molecule has 1 amide bonds. The third-order valence-corrected chi connectivity index (χ3v) is 9.60. The minimum Gasteiger partial charge on any atom is -0.461 e. The van der Waals surface area contributed by atoms with Gasteiger partial charge in [-0.25, -0.2) is 8.78 Å². The summed E-state index contributed by atoms with van der Waals surface area (Å²) in [6, 6.07) is 11.8. The largest absolute Gasteiger partial charge is 0.461 e. The van der Waals surface area contributed by atoms with Crippen LogP contribution in [0.1, 0.15) is 48.3 Å². The fourth-order valence-electron chi connectivity index (χ4n) is 7.43. The Morgan fingerprint density at radius 2 is 1.80 bits per heavy atom. The summed E-state index contributed by atoms with van der Waals surface area (Å²) in [6.45, 7) is 4.06. The SMILES string of the molecule is NC(=O)c1cc2n(n1)CCCN(c1nc(OCC34CCCN3CCC4)nc3c(F)c(-c4cccc5cccc(F)c45)ncc13)C2. The Hall–Kier alpha value is -4.71. The van der Waals surface area contributed by atoms with Crippen LogP contribution in [0.5, 0.6) is 6.01 Å². The molecular weight excluding hydrogens is 578 g/mol. The average Bonchev–Trinajstić information content (AvgIpc) is 3.71. The molecule has 0 unspecified atom stereocenters. The first-order chi connectivity index (χ1) is 21.9. The molecule has 0 spiro atoms. The molecule has 6 heterocycles. The summed E-state index contributed by atoms with van der Waals surface area (Å²) in [5, 5.41) is 5.72. The number of amides is 1. The van der Waals surface area contributed by atoms with E-state index in [-0.39, 0.29) is 28.5 Å². The highest BCUT2D eigenvalue weighted by molar-refractivity contribution is 5.99. The van der Waals surface area contributed by atoms with Crippen LogP contribution in [0.4, 0.5) is 14.6 Å². The molecule has 2 fully saturated rings. The van der Waals surface area contributed by atoms with Gasteiger partial charge in [-0.2, -0.15) is 15.1 Å². The molecule has 0 radical (unpaired) electrons. The van der Waals surface area contributed by atoms with E-state index < -0.39 is 17.5 Å². The molecule has 230 valence electrons. The number of carbonyl (C=O) groups excluding carboxylic acids is 1. The van der Waals surface area contributed by atoms with Crippen molar-refractivity contribution in [2.45, 2.75) is 50.7 Å². The van der Waals surface area contributed by atoms with Gasteiger partial charge in [0.25, 0.3) is 5.91 Å². The van der Waals surface area contributed by atoms with Gasteiger partial charge in [0.1, 0.15) is 35.1 Å². The third kappa shape index (κ3) is 4.66. The topological polar surface area (TPSA) is 115 Å². The fourth-order valence-corrected chi connectivity index (χ4v) is 7.43. The molecule has 2 saturated heterocycles. The zero-order chi connectivity index (χ0) is 30.7. The Bertz CT molecular complexity index is 1960. The number of nitrogens with two attached hydrogens (primary N) is 1. The molecule has 45 heavy (non-hydrogen) atoms. The molecule has 0 aliphatic carbocycles. The molecule has 0 atom stereocenters. The highest BCUT2D eigenvalue weighted by atomic mass is 19.1. The molecule has 3 aliphatic heterocycles. The summed E-state index contributed by atoms with van der Waals surface area (Å²) in [4.78, 5) is 30.3. The van der Waals surface area contributed by atoms with E-state index >= 15 is 8.78 Å². The van der Waals surface area contributed by atoms with Crippen molar-refractivity contribution in [2.75, 3.05) is 31.1 Å². The second-order valence-corrected chi connectivity index (χ2v) is 12.2. The maximum atomic E-state index is 16.7. The lowest BCUT2D eigenvalue weighted by Crippen LogP contribution is -2.43. The number of rotatable bonds is 6. The van der Waals surface area contributed by atoms with Crippen molar-refractivity contribution in [3.63, 3.8) is 0 Å². The Morgan fingerprint density at radius 3 is 2.60 bits per heavy atom. The van der Waals surface area contributed by atoms with Crippen LogP contribution in [0.15, 0.2) is 48.7 Å². The normalized spacial score (nSPS) is 17.9. The zero-order valence-electron chi connectivity index (χ0n) is 24.7. The van der Waals surface area contributed by atoms with E-state index in [1.54, 1.807) is 47.3 Å². The zero-order valence-corrected chi connectivity index (χ0v) is 24.7. The molecule has 3 aliphatic rings. The monoisotopic (exact) mass is 610 g/mol. The predicted molar refractivity (Wildman–Crippen MR) is 165 cm³/mol. The summed E-state index contributed by atoms with van der Waals surface area (Å²) in [6.07, 6.45) is 6.58. The number of hydrogen-bond donors (Lipinski definition) is 1. The summed E-state index contributed by atoms with van der Waals surface area (Å²) < 4.78 is 39.9. The van der Waals surface area contributed by atoms with Crippen LogP contribution in [0.3, 0.4) is 0 Å². The molecule has 0 bridgehead atoms. The van der Waals surface area contributed by atoms with E-state index in [2.05, 4.69) is 20.0 Å². The molecular formula is C33H32F2N8O2. The van der Waals surface area contributed by atoms with Crippen molar-refractivity contribution in [3.05, 3.63) is 71.7 Å². The minimum absolute atomic E-state index is 0.00481. The van der Waals surface area contributed by atoms with E-state index in [4.69, 9.17) is 15.5 Å². The summed E-state index contributed by atoms with van der Waals surface area (Å²) in [5.41, 5.74) is 6.84. The quantitative estimate of drug-likeness (QED) is 0.291. The maximum Gasteiger partial charge on any atom is 0.319 e. The molecule has 12 heteroatoms. The van der Waals surface area contributed by atoms with Gasteiger partial charge >= 0.3 is 6.01 Å². The Kier molecular flexibility index (Phi) is 6.63. The first kappa shape index (κ1) is 27.8. The number of aryl methyl sites for hydroxylation is 1. The highest BCUT2D eigenvalue weighted by Gasteiger charge is 2.45. The van der Waals surface area contributed by atoms with Gasteiger partial charge in [0.2, 0.25) is 0 Å². The lowest BCUT2D eigenvalue weighted by molar-refractivity contribution is 0.0994. The number of carbonyl (C=O) groups is 1. The van der Waals surface area contributed by atoms with Crippen molar-refractivity contribution >= 4 is 33.4 Å². The van der Waals surface area contributed by atoms with Crippen LogP contribution in [-0.4, -0.2) is 67.3 Å². The van der Waals surface area contributed by atoms with Gasteiger partial charge in [0.15, 0.2) is 5.82 Å². The van der Waals surface area contributed by atoms with E-state index in [0.29, 0.717) is 60.2 Å². The summed E-state index contributed by atoms with van der Waals surface area (Å²) >= 11 is 0. The van der Waals surface area contributed by atoms with Crippen LogP contribution in [0, 0.1) is 11.6 Å². The lowest BCUT2D eigenvalue weighted by atomic mass is 9.95. The van der Waals surface area contributed by atoms with Crippen LogP contribution in [0.25, 0.3) is 32.9 Å². The number of fused-ring (bicyclic) bond motifs is 4. The summed E-state index contributed by atoms with van der Waals surface area (Å²) in [5.74, 6) is -1.25. The van der Waals surface area contributed by atoms with Crippen molar-refractivity contribution in [2.24, 2.45) is 5.73 Å². The van der Waals surface area contributed by atoms with Crippen LogP contribution in [0.2, 0.25) is 0 Å². The summed E-state index contributed by atoms with van der Waals surface area (Å²) in [7, 11) is 0. The molecule has 8 rings (SSSR count). The van der Waals surface area contributed by atoms with Crippen molar-refractivity contribution in [3.8, 4) is 17.3 Å². The standard InChI is InChI=1S/C33H32F2N8O2/c34-24-9-2-7-20-6-1-8-22(26(20)24)28-27(35)29-23(17-37-28)31(41-12-5-15-43-21(18-41)16-25(40-43)30(36)44)39-32(38-29)45-19-33-10-3-13-42(33)14-4-11-33/h1-2,6-9,16-17H,3-5,10-15,18-19H2,(H2,36,44). The van der Waals surface area contributed by atoms with Crippen molar-refractivity contribution in [1.29, 1.82) is 0 Å². The fraction of sp³-hybridized carbons (Fsp3) is 0.364. The predicted octanol–water partition coefficient (Wildman–Crippen LogP) is 4.84. The van der Waals surface area contributed by atoms with Gasteiger partial charge in [-0.05, 0) is 62.7 Å². The van der Waals surface area contributed by atoms with Gasteiger partial charge < -0.3 is 15.4 Å². The number of anilines is 1. The smallest absolute Gasteiger partial charge is 0.319 e. The third-order valence-electron chi connectivity index (χ3n) is 9.60. The van der Waals surface area contributed by atoms with Crippen molar-refractivity contribution < 1.29 is 18.3 Å². The van der Waals surface area contributed by atoms with Gasteiger partial charge in [-0.3, -0.25) is 19.4 Å². The molecule has 0 saturated carbocycles. The molecule has 2 aromatic carbocycles. The van der Waals surface area contributed by atoms with Gasteiger partial charge in [-0.15, -0.1) is 0 Å². The first-order valence-corrected chi connectivity index (χ1v) is 15.4. The highest BCUT2D eigenvalue weighted by Crippen LogP contribution is 2.40. The number of hydrogen-bond acceptors (Lipinski definition) is 8. The van der Waals surface area contributed by atoms with E-state index in [1.165, 1.54) is 6.07 Å². The average molecular weight is 611 g/mol. The number of benzene rings is 2. The number of halogens is 2. The second-order valence-electron chi connectivity index (χ2n) is 12.2. The van der Waals surface area contributed by atoms with Crippen LogP contribution >= 0.6 is 0 Å². The molecule has 3 aromatic heterocycles. The Morgan fingerprint density at radius 1 is 1.00 bits per heavy atom. The molecule has 2 N–H and O–H groups in total. The number of aromatic nitrogens is 5. The first-order valence-electron chi connectivity index (χ1n) is 15.4. The van der Waals surface area contributed by atoms with Crippen LogP contribution < -0.4 is 15.4 Å². The Balaban J connectivity index is 1.26. The maximum absolute atomic E-state index is 16.7. The molecule has 5 aromatic rings. The Labute approximate surface area is 257 Å². The van der Waals surface area contributed by atoms with Gasteiger partial charge in [0, 0.05) is 30.2 Å². The molecule has 10 nitrogen and oxygen atoms in total. The minimum atomic E-state index is -0.672. The van der Waals surface area contributed by atoms with Crippen LogP contribution in [-0.2, 0) is 13.1 Å². The van der Waals surface area contributed by atoms with E-state index in [0.717, 1.165) is 44.5 Å². The van der Waals surface area contributed by atoms with Gasteiger partial charge in [-0.1, -0.05) is 30.3 Å². The van der Waals surface area contributed by atoms with E-state index in [9.17, 15) is 4.79 Å². The number of ether oxygens (including phenoxy) is 1. The number of nitrogens with zero attached hydrogens (tertiary/aromatic N) is 7. The van der Waals surface area contributed by atoms with E-state index in [1.807, 2.05) is 4.90 Å².